The fourth-order valence-electron chi connectivity index (χ4n) is 2.88. The molecule has 4 nitrogen and oxygen atoms in total. The molecule has 2 aliphatic heterocycles. The van der Waals surface area contributed by atoms with E-state index in [0.29, 0.717) is 19.1 Å². The Morgan fingerprint density at radius 1 is 1.40 bits per heavy atom. The highest BCUT2D eigenvalue weighted by Gasteiger charge is 2.41. The largest absolute Gasteiger partial charge is 0.492 e. The van der Waals surface area contributed by atoms with Crippen molar-refractivity contribution in [2.24, 2.45) is 0 Å². The smallest absolute Gasteiger partial charge is 0.223 e. The van der Waals surface area contributed by atoms with Crippen LogP contribution in [0.25, 0.3) is 0 Å². The van der Waals surface area contributed by atoms with Gasteiger partial charge >= 0.3 is 0 Å². The summed E-state index contributed by atoms with van der Waals surface area (Å²) in [6.07, 6.45) is 4.14. The first-order chi connectivity index (χ1) is 9.72. The fourth-order valence-corrected chi connectivity index (χ4v) is 3.28. The van der Waals surface area contributed by atoms with Gasteiger partial charge in [-0.1, -0.05) is 12.1 Å². The highest BCUT2D eigenvalue weighted by Crippen LogP contribution is 2.34. The summed E-state index contributed by atoms with van der Waals surface area (Å²) in [7, 11) is 0. The Kier molecular flexibility index (Phi) is 4.27. The Labute approximate surface area is 127 Å². The zero-order valence-corrected chi connectivity index (χ0v) is 12.8. The molecule has 1 aromatic rings. The van der Waals surface area contributed by atoms with E-state index in [1.165, 1.54) is 0 Å². The third-order valence-electron chi connectivity index (χ3n) is 3.88. The summed E-state index contributed by atoms with van der Waals surface area (Å²) < 4.78 is 12.2. The predicted octanol–water partition coefficient (Wildman–Crippen LogP) is 2.65. The second-order valence-electron chi connectivity index (χ2n) is 5.31. The second kappa shape index (κ2) is 6.14. The van der Waals surface area contributed by atoms with Crippen molar-refractivity contribution in [2.45, 2.75) is 43.9 Å². The first kappa shape index (κ1) is 13.9. The number of ether oxygens (including phenoxy) is 2. The number of benzene rings is 1. The van der Waals surface area contributed by atoms with Crippen LogP contribution in [0, 0.1) is 0 Å². The Morgan fingerprint density at radius 2 is 2.25 bits per heavy atom. The number of carbonyl (C=O) groups is 1. The summed E-state index contributed by atoms with van der Waals surface area (Å²) in [6, 6.07) is 7.84. The molecule has 0 spiro atoms. The molecule has 1 amide bonds. The lowest BCUT2D eigenvalue weighted by molar-refractivity contribution is -0.122. The van der Waals surface area contributed by atoms with Crippen LogP contribution in [0.1, 0.15) is 25.7 Å². The van der Waals surface area contributed by atoms with E-state index in [1.807, 2.05) is 24.3 Å². The zero-order valence-electron chi connectivity index (χ0n) is 11.2. The molecule has 3 rings (SSSR count). The highest BCUT2D eigenvalue weighted by atomic mass is 79.9. The average molecular weight is 340 g/mol. The molecule has 20 heavy (non-hydrogen) atoms. The number of fused-ring (bicyclic) bond motifs is 2. The maximum absolute atomic E-state index is 11.9. The Balaban J connectivity index is 1.40. The van der Waals surface area contributed by atoms with Crippen molar-refractivity contribution >= 4 is 21.8 Å². The number of rotatable bonds is 5. The van der Waals surface area contributed by atoms with Crippen molar-refractivity contribution in [3.8, 4) is 5.75 Å². The van der Waals surface area contributed by atoms with E-state index in [1.54, 1.807) is 0 Å². The Hall–Kier alpha value is -1.07. The molecule has 1 aromatic carbocycles. The SMILES string of the molecule is O=C(CCOc1ccccc1Br)NC1CC2CCC1O2. The molecular formula is C15H18BrNO3. The lowest BCUT2D eigenvalue weighted by Gasteiger charge is -2.20. The molecule has 2 heterocycles. The third-order valence-corrected chi connectivity index (χ3v) is 4.53. The third kappa shape index (κ3) is 3.15. The Bertz CT molecular complexity index is 494. The van der Waals surface area contributed by atoms with Crippen molar-refractivity contribution in [2.75, 3.05) is 6.61 Å². The van der Waals surface area contributed by atoms with Crippen LogP contribution >= 0.6 is 15.9 Å². The normalized spacial score (nSPS) is 27.6. The molecule has 2 aliphatic rings. The maximum atomic E-state index is 11.9. The van der Waals surface area contributed by atoms with Crippen LogP contribution in [0.5, 0.6) is 5.75 Å². The van der Waals surface area contributed by atoms with Gasteiger partial charge in [-0.15, -0.1) is 0 Å². The molecule has 0 saturated carbocycles. The molecule has 5 heteroatoms. The van der Waals surface area contributed by atoms with Crippen molar-refractivity contribution in [1.29, 1.82) is 0 Å². The monoisotopic (exact) mass is 339 g/mol. The number of hydrogen-bond acceptors (Lipinski definition) is 3. The zero-order chi connectivity index (χ0) is 13.9. The first-order valence-corrected chi connectivity index (χ1v) is 7.84. The molecule has 3 unspecified atom stereocenters. The molecule has 0 aliphatic carbocycles. The fraction of sp³-hybridized carbons (Fsp3) is 0.533. The van der Waals surface area contributed by atoms with E-state index in [-0.39, 0.29) is 18.1 Å². The topological polar surface area (TPSA) is 47.6 Å². The molecule has 1 N–H and O–H groups in total. The first-order valence-electron chi connectivity index (χ1n) is 7.04. The van der Waals surface area contributed by atoms with Gasteiger partial charge in [0.1, 0.15) is 5.75 Å². The molecule has 0 aromatic heterocycles. The molecular weight excluding hydrogens is 322 g/mol. The lowest BCUT2D eigenvalue weighted by Crippen LogP contribution is -2.41. The van der Waals surface area contributed by atoms with Crippen LogP contribution in [0.2, 0.25) is 0 Å². The van der Waals surface area contributed by atoms with Gasteiger partial charge in [-0.3, -0.25) is 4.79 Å². The van der Waals surface area contributed by atoms with Crippen molar-refractivity contribution < 1.29 is 14.3 Å². The van der Waals surface area contributed by atoms with Gasteiger partial charge in [-0.25, -0.2) is 0 Å². The van der Waals surface area contributed by atoms with Crippen LogP contribution < -0.4 is 10.1 Å². The van der Waals surface area contributed by atoms with Crippen molar-refractivity contribution in [3.05, 3.63) is 28.7 Å². The van der Waals surface area contributed by atoms with Crippen molar-refractivity contribution in [3.63, 3.8) is 0 Å². The lowest BCUT2D eigenvalue weighted by atomic mass is 9.95. The molecule has 2 saturated heterocycles. The average Bonchev–Trinajstić information content (AvgIpc) is 3.03. The minimum absolute atomic E-state index is 0.0400. The summed E-state index contributed by atoms with van der Waals surface area (Å²) in [6.45, 7) is 0.385. The van der Waals surface area contributed by atoms with E-state index in [4.69, 9.17) is 9.47 Å². The summed E-state index contributed by atoms with van der Waals surface area (Å²) in [5.41, 5.74) is 0. The number of carbonyl (C=O) groups excluding carboxylic acids is 1. The van der Waals surface area contributed by atoms with Crippen LogP contribution in [0.4, 0.5) is 0 Å². The summed E-state index contributed by atoms with van der Waals surface area (Å²) in [5.74, 6) is 0.807. The molecule has 2 bridgehead atoms. The maximum Gasteiger partial charge on any atom is 0.223 e. The van der Waals surface area contributed by atoms with E-state index < -0.39 is 0 Å². The van der Waals surface area contributed by atoms with Gasteiger partial charge in [0.25, 0.3) is 0 Å². The number of halogens is 1. The molecule has 108 valence electrons. The van der Waals surface area contributed by atoms with Crippen molar-refractivity contribution in [1.82, 2.24) is 5.32 Å². The highest BCUT2D eigenvalue weighted by molar-refractivity contribution is 9.10. The number of amides is 1. The van der Waals surface area contributed by atoms with Gasteiger partial charge in [0, 0.05) is 0 Å². The number of para-hydroxylation sites is 1. The molecule has 2 fully saturated rings. The van der Waals surface area contributed by atoms with E-state index in [9.17, 15) is 4.79 Å². The summed E-state index contributed by atoms with van der Waals surface area (Å²) in [5, 5.41) is 3.06. The van der Waals surface area contributed by atoms with Crippen LogP contribution in [-0.2, 0) is 9.53 Å². The van der Waals surface area contributed by atoms with Gasteiger partial charge in [0.15, 0.2) is 0 Å². The Morgan fingerprint density at radius 3 is 2.95 bits per heavy atom. The summed E-state index contributed by atoms with van der Waals surface area (Å²) in [4.78, 5) is 11.9. The summed E-state index contributed by atoms with van der Waals surface area (Å²) >= 11 is 3.41. The minimum Gasteiger partial charge on any atom is -0.492 e. The van der Waals surface area contributed by atoms with Crippen LogP contribution in [-0.4, -0.2) is 30.8 Å². The van der Waals surface area contributed by atoms with Gasteiger partial charge in [0.2, 0.25) is 5.91 Å². The van der Waals surface area contributed by atoms with E-state index in [0.717, 1.165) is 29.5 Å². The molecule has 0 radical (unpaired) electrons. The second-order valence-corrected chi connectivity index (χ2v) is 6.17. The van der Waals surface area contributed by atoms with Gasteiger partial charge in [-0.05, 0) is 47.3 Å². The minimum atomic E-state index is 0.0400. The predicted molar refractivity (Wildman–Crippen MR) is 78.7 cm³/mol. The van der Waals surface area contributed by atoms with E-state index >= 15 is 0 Å². The van der Waals surface area contributed by atoms with Gasteiger partial charge in [0.05, 0.1) is 35.8 Å². The standard InChI is InChI=1S/C15H18BrNO3/c16-11-3-1-2-4-13(11)19-8-7-15(18)17-12-9-10-5-6-14(12)20-10/h1-4,10,12,14H,5-9H2,(H,17,18). The van der Waals surface area contributed by atoms with Crippen LogP contribution in [0.3, 0.4) is 0 Å². The molecule has 3 atom stereocenters. The van der Waals surface area contributed by atoms with Gasteiger partial charge < -0.3 is 14.8 Å². The number of nitrogens with one attached hydrogen (secondary N) is 1. The van der Waals surface area contributed by atoms with E-state index in [2.05, 4.69) is 21.2 Å². The van der Waals surface area contributed by atoms with Crippen LogP contribution in [0.15, 0.2) is 28.7 Å². The van der Waals surface area contributed by atoms with Gasteiger partial charge in [-0.2, -0.15) is 0 Å². The number of hydrogen-bond donors (Lipinski definition) is 1. The quantitative estimate of drug-likeness (QED) is 0.897.